The van der Waals surface area contributed by atoms with Gasteiger partial charge in [-0.2, -0.15) is 0 Å². The number of amides is 3. The number of carbonyl (C=O) groups excluding carboxylic acids is 2. The first-order valence-electron chi connectivity index (χ1n) is 9.43. The molecule has 6 heteroatoms. The van der Waals surface area contributed by atoms with Crippen LogP contribution in [0, 0.1) is 0 Å². The topological polar surface area (TPSA) is 65.5 Å². The molecule has 0 unspecified atom stereocenters. The van der Waals surface area contributed by atoms with Crippen molar-refractivity contribution in [3.05, 3.63) is 59.9 Å². The summed E-state index contributed by atoms with van der Waals surface area (Å²) in [6, 6.07) is 13.7. The molecule has 1 aromatic carbocycles. The van der Waals surface area contributed by atoms with Gasteiger partial charge in [-0.25, -0.2) is 4.79 Å². The fraction of sp³-hybridized carbons (Fsp3) is 0.381. The summed E-state index contributed by atoms with van der Waals surface area (Å²) in [5, 5.41) is 3.05. The molecule has 1 aliphatic rings. The quantitative estimate of drug-likeness (QED) is 0.905. The van der Waals surface area contributed by atoms with E-state index >= 15 is 0 Å². The zero-order valence-electron chi connectivity index (χ0n) is 15.7. The maximum absolute atomic E-state index is 12.7. The van der Waals surface area contributed by atoms with Gasteiger partial charge in [-0.3, -0.25) is 9.78 Å². The number of hydrogen-bond donors (Lipinski definition) is 1. The van der Waals surface area contributed by atoms with Gasteiger partial charge < -0.3 is 15.1 Å². The van der Waals surface area contributed by atoms with Gasteiger partial charge in [0.25, 0.3) is 0 Å². The van der Waals surface area contributed by atoms with Crippen molar-refractivity contribution >= 4 is 17.6 Å². The van der Waals surface area contributed by atoms with Crippen LogP contribution in [0.2, 0.25) is 0 Å². The molecule has 1 saturated heterocycles. The Morgan fingerprint density at radius 1 is 0.963 bits per heavy atom. The molecule has 0 spiro atoms. The van der Waals surface area contributed by atoms with Gasteiger partial charge >= 0.3 is 6.03 Å². The van der Waals surface area contributed by atoms with Gasteiger partial charge in [0.1, 0.15) is 0 Å². The molecule has 0 bridgehead atoms. The first-order chi connectivity index (χ1) is 13.1. The Hall–Kier alpha value is -2.89. The van der Waals surface area contributed by atoms with Crippen molar-refractivity contribution in [2.45, 2.75) is 26.2 Å². The van der Waals surface area contributed by atoms with Gasteiger partial charge in [-0.05, 0) is 43.0 Å². The largest absolute Gasteiger partial charge is 0.341 e. The number of hydrogen-bond acceptors (Lipinski definition) is 3. The van der Waals surface area contributed by atoms with Gasteiger partial charge in [0.15, 0.2) is 0 Å². The van der Waals surface area contributed by atoms with E-state index in [9.17, 15) is 9.59 Å². The number of aromatic nitrogens is 1. The molecule has 6 nitrogen and oxygen atoms in total. The van der Waals surface area contributed by atoms with E-state index in [1.54, 1.807) is 22.9 Å². The number of aryl methyl sites for hydroxylation is 2. The average molecular weight is 366 g/mol. The fourth-order valence-electron chi connectivity index (χ4n) is 3.30. The maximum atomic E-state index is 12.7. The minimum absolute atomic E-state index is 0.0668. The third-order valence-electron chi connectivity index (χ3n) is 4.86. The van der Waals surface area contributed by atoms with Crippen molar-refractivity contribution < 1.29 is 9.59 Å². The third kappa shape index (κ3) is 5.29. The molecule has 27 heavy (non-hydrogen) atoms. The zero-order chi connectivity index (χ0) is 19.1. The molecule has 3 rings (SSSR count). The normalized spacial score (nSPS) is 14.6. The van der Waals surface area contributed by atoms with E-state index in [2.05, 4.69) is 10.3 Å². The minimum atomic E-state index is -0.106. The number of nitrogens with one attached hydrogen (secondary N) is 1. The van der Waals surface area contributed by atoms with Crippen LogP contribution in [0.15, 0.2) is 48.7 Å². The number of pyridine rings is 1. The van der Waals surface area contributed by atoms with Crippen LogP contribution >= 0.6 is 0 Å². The predicted octanol–water partition coefficient (Wildman–Crippen LogP) is 2.95. The van der Waals surface area contributed by atoms with E-state index in [4.69, 9.17) is 0 Å². The van der Waals surface area contributed by atoms with Crippen LogP contribution in [0.25, 0.3) is 0 Å². The lowest BCUT2D eigenvalue weighted by Gasteiger charge is -2.22. The Bertz CT molecular complexity index is 779. The average Bonchev–Trinajstić information content (AvgIpc) is 2.95. The second-order valence-corrected chi connectivity index (χ2v) is 6.76. The number of carbonyl (C=O) groups is 2. The Morgan fingerprint density at radius 2 is 1.70 bits per heavy atom. The van der Waals surface area contributed by atoms with E-state index in [1.165, 1.54) is 0 Å². The summed E-state index contributed by atoms with van der Waals surface area (Å²) in [6.07, 6.45) is 4.23. The van der Waals surface area contributed by atoms with Gasteiger partial charge in [-0.15, -0.1) is 0 Å². The molecule has 0 aliphatic carbocycles. The lowest BCUT2D eigenvalue weighted by Crippen LogP contribution is -2.39. The molecule has 0 radical (unpaired) electrons. The Kier molecular flexibility index (Phi) is 6.41. The Morgan fingerprint density at radius 3 is 2.48 bits per heavy atom. The van der Waals surface area contributed by atoms with Crippen LogP contribution in [-0.4, -0.2) is 52.9 Å². The van der Waals surface area contributed by atoms with E-state index in [-0.39, 0.29) is 11.9 Å². The highest BCUT2D eigenvalue weighted by atomic mass is 16.2. The summed E-state index contributed by atoms with van der Waals surface area (Å²) in [4.78, 5) is 32.2. The third-order valence-corrected chi connectivity index (χ3v) is 4.86. The molecule has 1 fully saturated rings. The number of nitrogens with zero attached hydrogens (tertiary/aromatic N) is 3. The summed E-state index contributed by atoms with van der Waals surface area (Å²) < 4.78 is 0. The molecule has 1 aliphatic heterocycles. The highest BCUT2D eigenvalue weighted by Crippen LogP contribution is 2.18. The maximum Gasteiger partial charge on any atom is 0.321 e. The second kappa shape index (κ2) is 9.16. The number of anilines is 1. The highest BCUT2D eigenvalue weighted by molar-refractivity contribution is 5.90. The molecule has 3 amide bonds. The lowest BCUT2D eigenvalue weighted by atomic mass is 10.1. The van der Waals surface area contributed by atoms with Crippen LogP contribution in [0.1, 0.15) is 24.6 Å². The molecule has 1 aromatic heterocycles. The van der Waals surface area contributed by atoms with Crippen molar-refractivity contribution in [1.29, 1.82) is 0 Å². The molecule has 2 aromatic rings. The molecule has 2 heterocycles. The number of para-hydroxylation sites is 1. The molecular formula is C21H26N4O2. The van der Waals surface area contributed by atoms with Crippen molar-refractivity contribution in [2.24, 2.45) is 0 Å². The zero-order valence-corrected chi connectivity index (χ0v) is 15.7. The van der Waals surface area contributed by atoms with E-state index in [0.717, 1.165) is 36.2 Å². The van der Waals surface area contributed by atoms with Crippen molar-refractivity contribution in [1.82, 2.24) is 14.8 Å². The number of benzene rings is 1. The van der Waals surface area contributed by atoms with Gasteiger partial charge in [0.05, 0.1) is 0 Å². The van der Waals surface area contributed by atoms with Crippen molar-refractivity contribution in [2.75, 3.05) is 31.5 Å². The van der Waals surface area contributed by atoms with Crippen LogP contribution in [-0.2, 0) is 17.6 Å². The van der Waals surface area contributed by atoms with Crippen LogP contribution in [0.4, 0.5) is 10.5 Å². The monoisotopic (exact) mass is 366 g/mol. The first kappa shape index (κ1) is 18.9. The Balaban J connectivity index is 1.61. The van der Waals surface area contributed by atoms with Crippen molar-refractivity contribution in [3.63, 3.8) is 0 Å². The van der Waals surface area contributed by atoms with Crippen molar-refractivity contribution in [3.8, 4) is 0 Å². The summed E-state index contributed by atoms with van der Waals surface area (Å²) in [7, 11) is 0. The number of urea groups is 1. The summed E-state index contributed by atoms with van der Waals surface area (Å²) in [5.74, 6) is 0.0668. The van der Waals surface area contributed by atoms with E-state index in [1.807, 2.05) is 42.5 Å². The molecule has 0 saturated carbocycles. The smallest absolute Gasteiger partial charge is 0.321 e. The van der Waals surface area contributed by atoms with E-state index in [0.29, 0.717) is 26.2 Å². The van der Waals surface area contributed by atoms with Gasteiger partial charge in [0, 0.05) is 50.7 Å². The summed E-state index contributed by atoms with van der Waals surface area (Å²) in [6.45, 7) is 4.09. The van der Waals surface area contributed by atoms with E-state index < -0.39 is 0 Å². The molecule has 1 N–H and O–H groups in total. The highest BCUT2D eigenvalue weighted by Gasteiger charge is 2.20. The fourth-order valence-corrected chi connectivity index (χ4v) is 3.30. The predicted molar refractivity (Wildman–Crippen MR) is 106 cm³/mol. The Labute approximate surface area is 160 Å². The first-order valence-corrected chi connectivity index (χ1v) is 9.43. The van der Waals surface area contributed by atoms with Gasteiger partial charge in [0.2, 0.25) is 5.91 Å². The van der Waals surface area contributed by atoms with Crippen LogP contribution < -0.4 is 5.32 Å². The molecular weight excluding hydrogens is 340 g/mol. The summed E-state index contributed by atoms with van der Waals surface area (Å²) >= 11 is 0. The number of rotatable bonds is 4. The van der Waals surface area contributed by atoms with Crippen LogP contribution in [0.5, 0.6) is 0 Å². The second-order valence-electron chi connectivity index (χ2n) is 6.76. The lowest BCUT2D eigenvalue weighted by molar-refractivity contribution is -0.128. The molecule has 142 valence electrons. The van der Waals surface area contributed by atoms with Crippen LogP contribution in [0.3, 0.4) is 0 Å². The van der Waals surface area contributed by atoms with Gasteiger partial charge in [-0.1, -0.05) is 24.3 Å². The summed E-state index contributed by atoms with van der Waals surface area (Å²) in [5.41, 5.74) is 2.97. The minimum Gasteiger partial charge on any atom is -0.341 e. The standard InChI is InChI=1S/C21H26N4O2/c1-17(26)24-13-6-14-25(16-15-24)21(27)23-20-9-3-2-7-18(20)10-11-19-8-4-5-12-22-19/h2-5,7-9,12H,6,10-11,13-16H2,1H3,(H,23,27). The molecule has 0 atom stereocenters. The SMILES string of the molecule is CC(=O)N1CCCN(C(=O)Nc2ccccc2CCc2ccccn2)CC1.